The topological polar surface area (TPSA) is 116 Å². The molecule has 1 fully saturated rings. The van der Waals surface area contributed by atoms with E-state index in [0.29, 0.717) is 24.5 Å². The number of sulfonamides is 1. The van der Waals surface area contributed by atoms with E-state index in [1.165, 1.54) is 16.4 Å². The predicted molar refractivity (Wildman–Crippen MR) is 86.7 cm³/mol. The SMILES string of the molecule is Cc1cc(COc2ccc(S(=O)(=O)N3CCCC3)cc2[N+](=O)[O-])no1. The number of nitro benzene ring substituents is 1. The van der Waals surface area contributed by atoms with Gasteiger partial charge in [0.15, 0.2) is 5.75 Å². The molecule has 3 rings (SSSR count). The van der Waals surface area contributed by atoms with Gasteiger partial charge in [-0.2, -0.15) is 4.31 Å². The van der Waals surface area contributed by atoms with E-state index < -0.39 is 20.6 Å². The van der Waals surface area contributed by atoms with E-state index >= 15 is 0 Å². The zero-order valence-electron chi connectivity index (χ0n) is 13.5. The van der Waals surface area contributed by atoms with Crippen LogP contribution in [0.25, 0.3) is 0 Å². The van der Waals surface area contributed by atoms with Gasteiger partial charge in [0.25, 0.3) is 0 Å². The van der Waals surface area contributed by atoms with Crippen molar-refractivity contribution in [1.29, 1.82) is 0 Å². The van der Waals surface area contributed by atoms with E-state index in [1.54, 1.807) is 13.0 Å². The van der Waals surface area contributed by atoms with Gasteiger partial charge in [-0.05, 0) is 31.9 Å². The molecule has 10 heteroatoms. The molecule has 1 saturated heterocycles. The third-order valence-electron chi connectivity index (χ3n) is 3.88. The van der Waals surface area contributed by atoms with Crippen LogP contribution in [-0.2, 0) is 16.6 Å². The molecule has 0 aliphatic carbocycles. The number of benzene rings is 1. The van der Waals surface area contributed by atoms with Crippen molar-refractivity contribution in [3.8, 4) is 5.75 Å². The monoisotopic (exact) mass is 367 g/mol. The molecule has 0 saturated carbocycles. The predicted octanol–water partition coefficient (Wildman–Crippen LogP) is 2.25. The van der Waals surface area contributed by atoms with Crippen molar-refractivity contribution in [3.63, 3.8) is 0 Å². The van der Waals surface area contributed by atoms with Crippen LogP contribution in [0.15, 0.2) is 33.7 Å². The average Bonchev–Trinajstić information content (AvgIpc) is 3.24. The fraction of sp³-hybridized carbons (Fsp3) is 0.400. The third kappa shape index (κ3) is 3.64. The van der Waals surface area contributed by atoms with Gasteiger partial charge >= 0.3 is 5.69 Å². The molecule has 0 atom stereocenters. The minimum Gasteiger partial charge on any atom is -0.480 e. The van der Waals surface area contributed by atoms with E-state index in [1.807, 2.05) is 0 Å². The van der Waals surface area contributed by atoms with Gasteiger partial charge in [0.2, 0.25) is 10.0 Å². The van der Waals surface area contributed by atoms with Gasteiger partial charge < -0.3 is 9.26 Å². The third-order valence-corrected chi connectivity index (χ3v) is 5.78. The zero-order chi connectivity index (χ0) is 18.0. The molecule has 1 aromatic heterocycles. The Balaban J connectivity index is 1.86. The van der Waals surface area contributed by atoms with Crippen molar-refractivity contribution >= 4 is 15.7 Å². The van der Waals surface area contributed by atoms with Crippen LogP contribution in [0.1, 0.15) is 24.3 Å². The normalized spacial score (nSPS) is 15.4. The quantitative estimate of drug-likeness (QED) is 0.568. The van der Waals surface area contributed by atoms with Crippen molar-refractivity contribution in [2.24, 2.45) is 0 Å². The van der Waals surface area contributed by atoms with E-state index in [2.05, 4.69) is 5.16 Å². The smallest absolute Gasteiger partial charge is 0.312 e. The number of hydrogen-bond donors (Lipinski definition) is 0. The van der Waals surface area contributed by atoms with Crippen LogP contribution in [0.2, 0.25) is 0 Å². The van der Waals surface area contributed by atoms with Crippen molar-refractivity contribution < 1.29 is 22.6 Å². The summed E-state index contributed by atoms with van der Waals surface area (Å²) in [5.74, 6) is 0.575. The number of nitro groups is 1. The number of ether oxygens (including phenoxy) is 1. The van der Waals surface area contributed by atoms with Gasteiger partial charge in [-0.3, -0.25) is 10.1 Å². The number of aryl methyl sites for hydroxylation is 1. The highest BCUT2D eigenvalue weighted by atomic mass is 32.2. The lowest BCUT2D eigenvalue weighted by Gasteiger charge is -2.15. The first-order valence-electron chi connectivity index (χ1n) is 7.71. The first-order chi connectivity index (χ1) is 11.9. The fourth-order valence-electron chi connectivity index (χ4n) is 2.64. The Morgan fingerprint density at radius 2 is 2.04 bits per heavy atom. The average molecular weight is 367 g/mol. The lowest BCUT2D eigenvalue weighted by atomic mass is 10.3. The maximum Gasteiger partial charge on any atom is 0.312 e. The molecule has 0 radical (unpaired) electrons. The van der Waals surface area contributed by atoms with Gasteiger partial charge in [-0.25, -0.2) is 8.42 Å². The summed E-state index contributed by atoms with van der Waals surface area (Å²) in [5.41, 5.74) is 0.0843. The molecule has 0 spiro atoms. The highest BCUT2D eigenvalue weighted by Gasteiger charge is 2.29. The lowest BCUT2D eigenvalue weighted by Crippen LogP contribution is -2.27. The fourth-order valence-corrected chi connectivity index (χ4v) is 4.18. The van der Waals surface area contributed by atoms with Crippen LogP contribution < -0.4 is 4.74 Å². The van der Waals surface area contributed by atoms with Crippen molar-refractivity contribution in [2.45, 2.75) is 31.3 Å². The maximum absolute atomic E-state index is 12.5. The molecule has 0 bridgehead atoms. The van der Waals surface area contributed by atoms with E-state index in [-0.39, 0.29) is 17.3 Å². The molecule has 1 aliphatic heterocycles. The van der Waals surface area contributed by atoms with E-state index in [9.17, 15) is 18.5 Å². The van der Waals surface area contributed by atoms with Crippen LogP contribution in [0.4, 0.5) is 5.69 Å². The minimum atomic E-state index is -3.73. The Kier molecular flexibility index (Phi) is 4.73. The summed E-state index contributed by atoms with van der Waals surface area (Å²) >= 11 is 0. The van der Waals surface area contributed by atoms with Gasteiger partial charge in [-0.1, -0.05) is 5.16 Å². The minimum absolute atomic E-state index is 0.0175. The second kappa shape index (κ2) is 6.81. The summed E-state index contributed by atoms with van der Waals surface area (Å²) in [6.45, 7) is 2.56. The summed E-state index contributed by atoms with van der Waals surface area (Å²) in [5, 5.41) is 15.1. The van der Waals surface area contributed by atoms with Crippen molar-refractivity contribution in [3.05, 3.63) is 45.8 Å². The molecule has 2 heterocycles. The van der Waals surface area contributed by atoms with E-state index in [4.69, 9.17) is 9.26 Å². The Morgan fingerprint density at radius 3 is 2.64 bits per heavy atom. The largest absolute Gasteiger partial charge is 0.480 e. The van der Waals surface area contributed by atoms with Crippen LogP contribution in [0.5, 0.6) is 5.75 Å². The molecule has 0 N–H and O–H groups in total. The summed E-state index contributed by atoms with van der Waals surface area (Å²) < 4.78 is 36.7. The second-order valence-electron chi connectivity index (χ2n) is 5.72. The first kappa shape index (κ1) is 17.4. The highest BCUT2D eigenvalue weighted by molar-refractivity contribution is 7.89. The molecule has 2 aromatic rings. The zero-order valence-corrected chi connectivity index (χ0v) is 14.4. The number of aromatic nitrogens is 1. The van der Waals surface area contributed by atoms with Crippen molar-refractivity contribution in [1.82, 2.24) is 9.46 Å². The van der Waals surface area contributed by atoms with Crippen LogP contribution in [0, 0.1) is 17.0 Å². The summed E-state index contributed by atoms with van der Waals surface area (Å²) in [6, 6.07) is 5.31. The second-order valence-corrected chi connectivity index (χ2v) is 7.65. The summed E-state index contributed by atoms with van der Waals surface area (Å²) in [4.78, 5) is 10.6. The van der Waals surface area contributed by atoms with Gasteiger partial charge in [-0.15, -0.1) is 0 Å². The standard InChI is InChI=1S/C15H17N3O6S/c1-11-8-12(16-24-11)10-23-15-5-4-13(9-14(15)18(19)20)25(21,22)17-6-2-3-7-17/h4-5,8-9H,2-3,6-7,10H2,1H3. The molecule has 1 aromatic carbocycles. The van der Waals surface area contributed by atoms with Crippen molar-refractivity contribution in [2.75, 3.05) is 13.1 Å². The molecule has 9 nitrogen and oxygen atoms in total. The first-order valence-corrected chi connectivity index (χ1v) is 9.15. The Hall–Kier alpha value is -2.46. The van der Waals surface area contributed by atoms with Gasteiger partial charge in [0, 0.05) is 25.2 Å². The van der Waals surface area contributed by atoms with Crippen LogP contribution in [-0.4, -0.2) is 35.9 Å². The molecule has 1 aliphatic rings. The Bertz CT molecular complexity index is 886. The highest BCUT2D eigenvalue weighted by Crippen LogP contribution is 2.32. The number of hydrogen-bond acceptors (Lipinski definition) is 7. The van der Waals surface area contributed by atoms with E-state index in [0.717, 1.165) is 18.9 Å². The van der Waals surface area contributed by atoms with Gasteiger partial charge in [0.05, 0.1) is 9.82 Å². The molecular weight excluding hydrogens is 350 g/mol. The van der Waals surface area contributed by atoms with Gasteiger partial charge in [0.1, 0.15) is 18.1 Å². The Morgan fingerprint density at radius 1 is 1.32 bits per heavy atom. The summed E-state index contributed by atoms with van der Waals surface area (Å²) in [7, 11) is -3.73. The molecule has 0 amide bonds. The molecule has 25 heavy (non-hydrogen) atoms. The van der Waals surface area contributed by atoms with Crippen LogP contribution >= 0.6 is 0 Å². The number of nitrogens with zero attached hydrogens (tertiary/aromatic N) is 3. The summed E-state index contributed by atoms with van der Waals surface area (Å²) in [6.07, 6.45) is 1.58. The van der Waals surface area contributed by atoms with Crippen LogP contribution in [0.3, 0.4) is 0 Å². The molecule has 0 unspecified atom stereocenters. The molecule has 134 valence electrons. The molecular formula is C15H17N3O6S. The number of rotatable bonds is 6. The lowest BCUT2D eigenvalue weighted by molar-refractivity contribution is -0.386. The Labute approximate surface area is 144 Å². The maximum atomic E-state index is 12.5.